The van der Waals surface area contributed by atoms with Crippen LogP contribution in [0.3, 0.4) is 0 Å². The second-order valence-electron chi connectivity index (χ2n) is 4.40. The van der Waals surface area contributed by atoms with Gasteiger partial charge in [-0.05, 0) is 12.8 Å². The van der Waals surface area contributed by atoms with Gasteiger partial charge < -0.3 is 4.90 Å². The summed E-state index contributed by atoms with van der Waals surface area (Å²) in [7, 11) is 2.11. The predicted molar refractivity (Wildman–Crippen MR) is 66.9 cm³/mol. The van der Waals surface area contributed by atoms with Gasteiger partial charge in [0.05, 0.1) is 24.0 Å². The van der Waals surface area contributed by atoms with Crippen LogP contribution in [-0.4, -0.2) is 23.1 Å². The lowest BCUT2D eigenvalue weighted by molar-refractivity contribution is 0.425. The smallest absolute Gasteiger partial charge is 0.147 e. The van der Waals surface area contributed by atoms with Crippen molar-refractivity contribution in [1.82, 2.24) is 9.97 Å². The van der Waals surface area contributed by atoms with Crippen LogP contribution in [-0.2, 0) is 5.88 Å². The Morgan fingerprint density at radius 1 is 1.25 bits per heavy atom. The van der Waals surface area contributed by atoms with Crippen LogP contribution in [0.5, 0.6) is 0 Å². The molecule has 0 bridgehead atoms. The van der Waals surface area contributed by atoms with E-state index in [0.29, 0.717) is 11.9 Å². The summed E-state index contributed by atoms with van der Waals surface area (Å²) in [5.41, 5.74) is 0.836. The first kappa shape index (κ1) is 11.6. The molecule has 0 aliphatic heterocycles. The van der Waals surface area contributed by atoms with Crippen LogP contribution in [0, 0.1) is 0 Å². The molecule has 16 heavy (non-hydrogen) atoms. The van der Waals surface area contributed by atoms with Crippen molar-refractivity contribution in [2.45, 2.75) is 44.0 Å². The monoisotopic (exact) mass is 239 g/mol. The normalized spacial score (nSPS) is 17.4. The summed E-state index contributed by atoms with van der Waals surface area (Å²) < 4.78 is 0. The SMILES string of the molecule is CN(c1cnc(CCl)cn1)C1CCCCC1. The van der Waals surface area contributed by atoms with Gasteiger partial charge in [-0.2, -0.15) is 0 Å². The fourth-order valence-corrected chi connectivity index (χ4v) is 2.39. The molecule has 4 heteroatoms. The van der Waals surface area contributed by atoms with Crippen molar-refractivity contribution in [3.05, 3.63) is 18.1 Å². The highest BCUT2D eigenvalue weighted by Gasteiger charge is 2.19. The molecule has 3 nitrogen and oxygen atoms in total. The Hall–Kier alpha value is -0.830. The zero-order valence-corrected chi connectivity index (χ0v) is 10.5. The highest BCUT2D eigenvalue weighted by molar-refractivity contribution is 6.16. The highest BCUT2D eigenvalue weighted by Crippen LogP contribution is 2.24. The van der Waals surface area contributed by atoms with Gasteiger partial charge in [-0.15, -0.1) is 11.6 Å². The molecule has 0 N–H and O–H groups in total. The van der Waals surface area contributed by atoms with E-state index in [-0.39, 0.29) is 0 Å². The van der Waals surface area contributed by atoms with E-state index in [4.69, 9.17) is 11.6 Å². The van der Waals surface area contributed by atoms with Gasteiger partial charge in [-0.25, -0.2) is 4.98 Å². The molecule has 1 aromatic rings. The second kappa shape index (κ2) is 5.48. The molecule has 0 radical (unpaired) electrons. The van der Waals surface area contributed by atoms with Crippen LogP contribution in [0.1, 0.15) is 37.8 Å². The number of anilines is 1. The fourth-order valence-electron chi connectivity index (χ4n) is 2.25. The zero-order chi connectivity index (χ0) is 11.4. The zero-order valence-electron chi connectivity index (χ0n) is 9.69. The first-order chi connectivity index (χ1) is 7.81. The van der Waals surface area contributed by atoms with Crippen LogP contribution in [0.25, 0.3) is 0 Å². The van der Waals surface area contributed by atoms with E-state index in [0.717, 1.165) is 11.5 Å². The first-order valence-corrected chi connectivity index (χ1v) is 6.44. The molecule has 0 spiro atoms. The molecule has 1 heterocycles. The van der Waals surface area contributed by atoms with Crippen molar-refractivity contribution in [3.8, 4) is 0 Å². The average Bonchev–Trinajstić information content (AvgIpc) is 2.39. The minimum absolute atomic E-state index is 0.431. The van der Waals surface area contributed by atoms with Gasteiger partial charge in [0.25, 0.3) is 0 Å². The van der Waals surface area contributed by atoms with E-state index >= 15 is 0 Å². The maximum Gasteiger partial charge on any atom is 0.147 e. The predicted octanol–water partition coefficient (Wildman–Crippen LogP) is 2.98. The highest BCUT2D eigenvalue weighted by atomic mass is 35.5. The lowest BCUT2D eigenvalue weighted by atomic mass is 9.94. The van der Waals surface area contributed by atoms with Gasteiger partial charge in [0.1, 0.15) is 5.82 Å². The summed E-state index contributed by atoms with van der Waals surface area (Å²) in [5.74, 6) is 1.39. The summed E-state index contributed by atoms with van der Waals surface area (Å²) in [6.07, 6.45) is 10.2. The summed E-state index contributed by atoms with van der Waals surface area (Å²) in [6.45, 7) is 0. The molecule has 0 unspecified atom stereocenters. The molecule has 1 saturated carbocycles. The van der Waals surface area contributed by atoms with Crippen LogP contribution < -0.4 is 4.90 Å². The molecule has 88 valence electrons. The van der Waals surface area contributed by atoms with Gasteiger partial charge in [-0.1, -0.05) is 19.3 Å². The van der Waals surface area contributed by atoms with Crippen molar-refractivity contribution < 1.29 is 0 Å². The molecular weight excluding hydrogens is 222 g/mol. The number of hydrogen-bond acceptors (Lipinski definition) is 3. The third-order valence-corrected chi connectivity index (χ3v) is 3.59. The van der Waals surface area contributed by atoms with E-state index in [1.165, 1.54) is 32.1 Å². The summed E-state index contributed by atoms with van der Waals surface area (Å²) >= 11 is 5.69. The quantitative estimate of drug-likeness (QED) is 0.760. The Morgan fingerprint density at radius 3 is 2.56 bits per heavy atom. The molecule has 1 aliphatic rings. The Bertz CT molecular complexity index is 320. The van der Waals surface area contributed by atoms with Crippen molar-refractivity contribution in [3.63, 3.8) is 0 Å². The number of halogens is 1. The summed E-state index contributed by atoms with van der Waals surface area (Å²) in [4.78, 5) is 10.9. The minimum atomic E-state index is 0.431. The third kappa shape index (κ3) is 2.64. The molecule has 1 fully saturated rings. The molecule has 1 aliphatic carbocycles. The Kier molecular flexibility index (Phi) is 3.99. The number of nitrogens with zero attached hydrogens (tertiary/aromatic N) is 3. The Balaban J connectivity index is 2.04. The number of hydrogen-bond donors (Lipinski definition) is 0. The Morgan fingerprint density at radius 2 is 2.00 bits per heavy atom. The average molecular weight is 240 g/mol. The topological polar surface area (TPSA) is 29.0 Å². The van der Waals surface area contributed by atoms with Crippen LogP contribution >= 0.6 is 11.6 Å². The van der Waals surface area contributed by atoms with Crippen molar-refractivity contribution in [2.24, 2.45) is 0 Å². The molecule has 0 aromatic carbocycles. The van der Waals surface area contributed by atoms with E-state index in [1.807, 2.05) is 6.20 Å². The van der Waals surface area contributed by atoms with Gasteiger partial charge >= 0.3 is 0 Å². The molecule has 0 saturated heterocycles. The van der Waals surface area contributed by atoms with Crippen molar-refractivity contribution in [1.29, 1.82) is 0 Å². The molecule has 2 rings (SSSR count). The minimum Gasteiger partial charge on any atom is -0.355 e. The maximum absolute atomic E-state index is 5.69. The maximum atomic E-state index is 5.69. The van der Waals surface area contributed by atoms with E-state index in [9.17, 15) is 0 Å². The van der Waals surface area contributed by atoms with Crippen LogP contribution in [0.4, 0.5) is 5.82 Å². The van der Waals surface area contributed by atoms with Gasteiger partial charge in [0.15, 0.2) is 0 Å². The Labute approximate surface area is 102 Å². The third-order valence-electron chi connectivity index (χ3n) is 3.31. The summed E-state index contributed by atoms with van der Waals surface area (Å²) in [6, 6.07) is 0.630. The fraction of sp³-hybridized carbons (Fsp3) is 0.667. The van der Waals surface area contributed by atoms with E-state index < -0.39 is 0 Å². The molecule has 1 aromatic heterocycles. The van der Waals surface area contributed by atoms with Gasteiger partial charge in [0.2, 0.25) is 0 Å². The number of aromatic nitrogens is 2. The second-order valence-corrected chi connectivity index (χ2v) is 4.67. The largest absolute Gasteiger partial charge is 0.355 e. The molecule has 0 atom stereocenters. The van der Waals surface area contributed by atoms with Crippen molar-refractivity contribution in [2.75, 3.05) is 11.9 Å². The van der Waals surface area contributed by atoms with Crippen LogP contribution in [0.15, 0.2) is 12.4 Å². The van der Waals surface area contributed by atoms with Gasteiger partial charge in [-0.3, -0.25) is 4.98 Å². The lowest BCUT2D eigenvalue weighted by Crippen LogP contribution is -2.33. The number of rotatable bonds is 3. The first-order valence-electron chi connectivity index (χ1n) is 5.91. The number of alkyl halides is 1. The van der Waals surface area contributed by atoms with Crippen molar-refractivity contribution >= 4 is 17.4 Å². The van der Waals surface area contributed by atoms with Gasteiger partial charge in [0, 0.05) is 13.1 Å². The molecular formula is C12H18ClN3. The lowest BCUT2D eigenvalue weighted by Gasteiger charge is -2.31. The van der Waals surface area contributed by atoms with E-state index in [2.05, 4.69) is 21.9 Å². The summed E-state index contributed by atoms with van der Waals surface area (Å²) in [5, 5.41) is 0. The standard InChI is InChI=1S/C12H18ClN3/c1-16(11-5-3-2-4-6-11)12-9-14-10(7-13)8-15-12/h8-9,11H,2-7H2,1H3. The molecule has 0 amide bonds. The van der Waals surface area contributed by atoms with Crippen LogP contribution in [0.2, 0.25) is 0 Å². The van der Waals surface area contributed by atoms with E-state index in [1.54, 1.807) is 6.20 Å².